The molecule has 6 rings (SSSR count). The molecule has 0 radical (unpaired) electrons. The Balaban J connectivity index is 1.37. The summed E-state index contributed by atoms with van der Waals surface area (Å²) >= 11 is 0. The average molecular weight is 571 g/mol. The number of rotatable bonds is 8. The van der Waals surface area contributed by atoms with Crippen molar-refractivity contribution in [3.05, 3.63) is 89.5 Å². The summed E-state index contributed by atoms with van der Waals surface area (Å²) in [6, 6.07) is 23.6. The van der Waals surface area contributed by atoms with Crippen LogP contribution in [0.4, 0.5) is 16.2 Å². The molecule has 1 N–H and O–H groups in total. The number of amides is 2. The van der Waals surface area contributed by atoms with Crippen LogP contribution in [0.5, 0.6) is 5.75 Å². The summed E-state index contributed by atoms with van der Waals surface area (Å²) in [5.41, 5.74) is 2.91. The molecule has 1 spiro atoms. The number of fused-ring (bicyclic) bond motifs is 2. The highest BCUT2D eigenvalue weighted by molar-refractivity contribution is 6.07. The summed E-state index contributed by atoms with van der Waals surface area (Å²) in [6.07, 6.45) is -0.259. The maximum absolute atomic E-state index is 14.7. The van der Waals surface area contributed by atoms with E-state index in [-0.39, 0.29) is 42.0 Å². The van der Waals surface area contributed by atoms with E-state index in [2.05, 4.69) is 32.9 Å². The van der Waals surface area contributed by atoms with Crippen molar-refractivity contribution in [2.24, 2.45) is 11.8 Å². The first-order chi connectivity index (χ1) is 20.2. The predicted molar refractivity (Wildman–Crippen MR) is 160 cm³/mol. The molecular formula is C34H38N2O6. The smallest absolute Gasteiger partial charge is 0.414 e. The van der Waals surface area contributed by atoms with Gasteiger partial charge in [-0.1, -0.05) is 63.2 Å². The highest BCUT2D eigenvalue weighted by Crippen LogP contribution is 2.59. The maximum atomic E-state index is 14.7. The number of carbonyl (C=O) groups excluding carboxylic acids is 2. The minimum atomic E-state index is -1.18. The summed E-state index contributed by atoms with van der Waals surface area (Å²) in [5, 5.41) is 10.1. The third-order valence-corrected chi connectivity index (χ3v) is 9.48. The lowest BCUT2D eigenvalue weighted by Crippen LogP contribution is -2.45. The molecular weight excluding hydrogens is 532 g/mol. The van der Waals surface area contributed by atoms with E-state index in [1.165, 1.54) is 0 Å². The van der Waals surface area contributed by atoms with Crippen molar-refractivity contribution in [3.63, 3.8) is 0 Å². The first kappa shape index (κ1) is 28.2. The van der Waals surface area contributed by atoms with Crippen molar-refractivity contribution in [1.82, 2.24) is 0 Å². The van der Waals surface area contributed by atoms with E-state index in [1.54, 1.807) is 12.0 Å². The number of cyclic esters (lactones) is 1. The Morgan fingerprint density at radius 1 is 1.05 bits per heavy atom. The van der Waals surface area contributed by atoms with E-state index in [0.717, 1.165) is 33.8 Å². The average Bonchev–Trinajstić information content (AvgIpc) is 3.63. The fraction of sp³-hybridized carbons (Fsp3) is 0.412. The third-order valence-electron chi connectivity index (χ3n) is 9.48. The Kier molecular flexibility index (Phi) is 7.23. The van der Waals surface area contributed by atoms with Gasteiger partial charge in [0.15, 0.2) is 5.60 Å². The molecule has 0 aliphatic carbocycles. The molecule has 0 unspecified atom stereocenters. The van der Waals surface area contributed by atoms with E-state index in [0.29, 0.717) is 26.1 Å². The standard InChI is InChI=1S/C34H38N2O6/c1-22-30(33(2,3)24-12-14-26(40-4)15-13-24)29(16-18-37)42-34(22)27-10-5-6-11-28(27)36(31(34)38)21-23-8-7-9-25(20-23)35-17-19-41-32(35)39/h5-15,20,22,29-30,37H,16-19,21H2,1-4H3/t22-,29+,30-,34+/m1/s1. The minimum Gasteiger partial charge on any atom is -0.497 e. The highest BCUT2D eigenvalue weighted by atomic mass is 16.6. The second kappa shape index (κ2) is 10.7. The largest absolute Gasteiger partial charge is 0.497 e. The van der Waals surface area contributed by atoms with Crippen LogP contribution in [-0.4, -0.2) is 50.1 Å². The molecule has 220 valence electrons. The van der Waals surface area contributed by atoms with Gasteiger partial charge in [0.2, 0.25) is 0 Å². The Labute approximate surface area is 246 Å². The van der Waals surface area contributed by atoms with E-state index < -0.39 is 5.60 Å². The molecule has 0 saturated carbocycles. The van der Waals surface area contributed by atoms with Gasteiger partial charge < -0.3 is 24.2 Å². The number of benzene rings is 3. The van der Waals surface area contributed by atoms with Crippen molar-refractivity contribution in [3.8, 4) is 5.75 Å². The molecule has 2 amide bonds. The van der Waals surface area contributed by atoms with Crippen molar-refractivity contribution in [1.29, 1.82) is 0 Å². The topological polar surface area (TPSA) is 88.5 Å². The molecule has 3 aromatic rings. The lowest BCUT2D eigenvalue weighted by atomic mass is 9.63. The fourth-order valence-corrected chi connectivity index (χ4v) is 7.46. The Morgan fingerprint density at radius 3 is 2.50 bits per heavy atom. The lowest BCUT2D eigenvalue weighted by Gasteiger charge is -2.38. The molecule has 42 heavy (non-hydrogen) atoms. The zero-order valence-electron chi connectivity index (χ0n) is 24.6. The van der Waals surface area contributed by atoms with Crippen molar-refractivity contribution in [2.75, 3.05) is 36.7 Å². The predicted octanol–water partition coefficient (Wildman–Crippen LogP) is 5.41. The number of hydrogen-bond donors (Lipinski definition) is 1. The summed E-state index contributed by atoms with van der Waals surface area (Å²) < 4.78 is 17.4. The first-order valence-corrected chi connectivity index (χ1v) is 14.6. The van der Waals surface area contributed by atoms with Crippen LogP contribution in [0.25, 0.3) is 0 Å². The Bertz CT molecular complexity index is 1490. The van der Waals surface area contributed by atoms with E-state index in [1.807, 2.05) is 65.6 Å². The lowest BCUT2D eigenvalue weighted by molar-refractivity contribution is -0.146. The normalized spacial score (nSPS) is 25.3. The van der Waals surface area contributed by atoms with Gasteiger partial charge in [0.1, 0.15) is 12.4 Å². The van der Waals surface area contributed by atoms with Crippen molar-refractivity contribution < 1.29 is 28.9 Å². The number of ether oxygens (including phenoxy) is 3. The molecule has 0 bridgehead atoms. The third kappa shape index (κ3) is 4.36. The van der Waals surface area contributed by atoms with Gasteiger partial charge in [-0.05, 0) is 53.3 Å². The maximum Gasteiger partial charge on any atom is 0.414 e. The molecule has 2 saturated heterocycles. The molecule has 8 nitrogen and oxygen atoms in total. The molecule has 4 atom stereocenters. The molecule has 3 aliphatic rings. The van der Waals surface area contributed by atoms with Crippen molar-refractivity contribution >= 4 is 23.4 Å². The number of aliphatic hydroxyl groups excluding tert-OH is 1. The summed E-state index contributed by atoms with van der Waals surface area (Å²) in [6.45, 7) is 7.67. The molecule has 2 fully saturated rings. The molecule has 0 aromatic heterocycles. The Morgan fingerprint density at radius 2 is 1.81 bits per heavy atom. The Hall–Kier alpha value is -3.88. The number of nitrogens with zero attached hydrogens (tertiary/aromatic N) is 2. The first-order valence-electron chi connectivity index (χ1n) is 14.6. The van der Waals surface area contributed by atoms with Crippen molar-refractivity contribution in [2.45, 2.75) is 50.9 Å². The number of para-hydroxylation sites is 1. The van der Waals surface area contributed by atoms with Gasteiger partial charge in [-0.2, -0.15) is 0 Å². The van der Waals surface area contributed by atoms with E-state index in [4.69, 9.17) is 14.2 Å². The molecule has 3 aromatic carbocycles. The summed E-state index contributed by atoms with van der Waals surface area (Å²) in [5.74, 6) is 0.447. The monoisotopic (exact) mass is 570 g/mol. The fourth-order valence-electron chi connectivity index (χ4n) is 7.46. The van der Waals surface area contributed by atoms with Crippen LogP contribution in [0.2, 0.25) is 0 Å². The number of anilines is 2. The van der Waals surface area contributed by atoms with Gasteiger partial charge in [-0.3, -0.25) is 9.69 Å². The second-order valence-corrected chi connectivity index (χ2v) is 12.0. The summed E-state index contributed by atoms with van der Waals surface area (Å²) in [7, 11) is 1.65. The quantitative estimate of drug-likeness (QED) is 0.390. The van der Waals surface area contributed by atoms with Gasteiger partial charge >= 0.3 is 6.09 Å². The van der Waals surface area contributed by atoms with Crippen LogP contribution >= 0.6 is 0 Å². The SMILES string of the molecule is COc1ccc(C(C)(C)[C@H]2[C@H](CCO)O[C@@]3(C(=O)N(Cc4cccc(N5CCOC5=O)c4)c4ccccc43)[C@@H]2C)cc1. The van der Waals surface area contributed by atoms with Gasteiger partial charge in [0.25, 0.3) is 5.91 Å². The van der Waals surface area contributed by atoms with Gasteiger partial charge in [-0.25, -0.2) is 4.79 Å². The van der Waals surface area contributed by atoms with Crippen LogP contribution < -0.4 is 14.5 Å². The van der Waals surface area contributed by atoms with E-state index in [9.17, 15) is 14.7 Å². The molecule has 3 aliphatic heterocycles. The summed E-state index contributed by atoms with van der Waals surface area (Å²) in [4.78, 5) is 30.3. The minimum absolute atomic E-state index is 0.0338. The zero-order chi connectivity index (χ0) is 29.6. The number of hydrogen-bond acceptors (Lipinski definition) is 6. The molecule has 3 heterocycles. The van der Waals surface area contributed by atoms with Crippen LogP contribution in [0, 0.1) is 11.8 Å². The van der Waals surface area contributed by atoms with Gasteiger partial charge in [0, 0.05) is 29.7 Å². The van der Waals surface area contributed by atoms with Gasteiger partial charge in [-0.15, -0.1) is 0 Å². The van der Waals surface area contributed by atoms with Crippen LogP contribution in [-0.2, 0) is 31.8 Å². The zero-order valence-corrected chi connectivity index (χ0v) is 24.6. The number of methoxy groups -OCH3 is 1. The molecule has 8 heteroatoms. The number of carbonyl (C=O) groups is 2. The van der Waals surface area contributed by atoms with Crippen LogP contribution in [0.15, 0.2) is 72.8 Å². The highest BCUT2D eigenvalue weighted by Gasteiger charge is 2.65. The van der Waals surface area contributed by atoms with Crippen LogP contribution in [0.1, 0.15) is 43.9 Å². The van der Waals surface area contributed by atoms with Gasteiger partial charge in [0.05, 0.1) is 32.0 Å². The van der Waals surface area contributed by atoms with E-state index >= 15 is 0 Å². The second-order valence-electron chi connectivity index (χ2n) is 12.0. The van der Waals surface area contributed by atoms with Crippen LogP contribution in [0.3, 0.4) is 0 Å². The number of aliphatic hydroxyl groups is 1.